The van der Waals surface area contributed by atoms with Crippen molar-refractivity contribution < 1.29 is 0 Å². The van der Waals surface area contributed by atoms with E-state index in [1.807, 2.05) is 24.3 Å². The summed E-state index contributed by atoms with van der Waals surface area (Å²) in [5, 5.41) is 3.34. The van der Waals surface area contributed by atoms with Gasteiger partial charge in [-0.2, -0.15) is 0 Å². The summed E-state index contributed by atoms with van der Waals surface area (Å²) >= 11 is 7.47. The van der Waals surface area contributed by atoms with Crippen LogP contribution >= 0.6 is 22.9 Å². The van der Waals surface area contributed by atoms with Gasteiger partial charge in [0.15, 0.2) is 0 Å². The number of aromatic nitrogens is 1. The summed E-state index contributed by atoms with van der Waals surface area (Å²) in [5.41, 5.74) is 6.57. The van der Waals surface area contributed by atoms with E-state index in [9.17, 15) is 0 Å². The van der Waals surface area contributed by atoms with Gasteiger partial charge in [-0.05, 0) is 25.1 Å². The Morgan fingerprint density at radius 2 is 2.25 bits per heavy atom. The fourth-order valence-corrected chi connectivity index (χ4v) is 2.48. The van der Waals surface area contributed by atoms with E-state index in [0.29, 0.717) is 5.82 Å². The molecule has 3 N–H and O–H groups in total. The predicted octanol–water partition coefficient (Wildman–Crippen LogP) is 3.55. The highest BCUT2D eigenvalue weighted by atomic mass is 35.5. The molecule has 0 saturated heterocycles. The third kappa shape index (κ3) is 2.65. The first-order valence-electron chi connectivity index (χ1n) is 4.88. The molecular weight excluding hydrogens is 242 g/mol. The molecule has 0 fully saturated rings. The SMILES string of the molecule is CC(Nc1ccnc(N)c1)c1ccc(Cl)s1. The molecule has 5 heteroatoms. The van der Waals surface area contributed by atoms with Crippen LogP contribution in [0.1, 0.15) is 17.8 Å². The number of anilines is 2. The van der Waals surface area contributed by atoms with Crippen molar-refractivity contribution in [2.24, 2.45) is 0 Å². The van der Waals surface area contributed by atoms with Crippen LogP contribution in [0, 0.1) is 0 Å². The van der Waals surface area contributed by atoms with Gasteiger partial charge in [0.1, 0.15) is 5.82 Å². The van der Waals surface area contributed by atoms with Crippen molar-refractivity contribution >= 4 is 34.4 Å². The largest absolute Gasteiger partial charge is 0.384 e. The van der Waals surface area contributed by atoms with Crippen LogP contribution in [0.4, 0.5) is 11.5 Å². The lowest BCUT2D eigenvalue weighted by Crippen LogP contribution is -2.05. The molecule has 0 bridgehead atoms. The summed E-state index contributed by atoms with van der Waals surface area (Å²) in [7, 11) is 0. The van der Waals surface area contributed by atoms with Crippen molar-refractivity contribution in [2.45, 2.75) is 13.0 Å². The molecule has 0 saturated carbocycles. The van der Waals surface area contributed by atoms with Crippen LogP contribution in [-0.4, -0.2) is 4.98 Å². The van der Waals surface area contributed by atoms with Gasteiger partial charge in [0, 0.05) is 22.8 Å². The zero-order valence-electron chi connectivity index (χ0n) is 8.77. The topological polar surface area (TPSA) is 50.9 Å². The minimum atomic E-state index is 0.208. The number of hydrogen-bond acceptors (Lipinski definition) is 4. The minimum absolute atomic E-state index is 0.208. The highest BCUT2D eigenvalue weighted by Crippen LogP contribution is 2.28. The van der Waals surface area contributed by atoms with E-state index in [2.05, 4.69) is 17.2 Å². The Morgan fingerprint density at radius 3 is 2.88 bits per heavy atom. The molecule has 0 spiro atoms. The number of pyridine rings is 1. The average molecular weight is 254 g/mol. The van der Waals surface area contributed by atoms with Gasteiger partial charge in [0.25, 0.3) is 0 Å². The molecule has 2 aromatic rings. The van der Waals surface area contributed by atoms with Gasteiger partial charge in [-0.3, -0.25) is 0 Å². The summed E-state index contributed by atoms with van der Waals surface area (Å²) in [4.78, 5) is 5.14. The summed E-state index contributed by atoms with van der Waals surface area (Å²) in [6.45, 7) is 2.08. The first-order chi connectivity index (χ1) is 7.65. The number of nitrogen functional groups attached to an aromatic ring is 1. The van der Waals surface area contributed by atoms with E-state index in [-0.39, 0.29) is 6.04 Å². The molecule has 16 heavy (non-hydrogen) atoms. The van der Waals surface area contributed by atoms with Crippen LogP contribution in [0.2, 0.25) is 4.34 Å². The minimum Gasteiger partial charge on any atom is -0.384 e. The molecule has 2 heterocycles. The number of rotatable bonds is 3. The second-order valence-electron chi connectivity index (χ2n) is 3.48. The average Bonchev–Trinajstić information content (AvgIpc) is 2.65. The monoisotopic (exact) mass is 253 g/mol. The first kappa shape index (κ1) is 11.2. The molecule has 1 atom stereocenters. The number of hydrogen-bond donors (Lipinski definition) is 2. The van der Waals surface area contributed by atoms with Gasteiger partial charge in [0.05, 0.1) is 10.4 Å². The molecule has 84 valence electrons. The Balaban J connectivity index is 2.10. The van der Waals surface area contributed by atoms with Crippen molar-refractivity contribution in [1.29, 1.82) is 0 Å². The lowest BCUT2D eigenvalue weighted by molar-refractivity contribution is 0.907. The normalized spacial score (nSPS) is 12.4. The van der Waals surface area contributed by atoms with Crippen LogP contribution in [-0.2, 0) is 0 Å². The van der Waals surface area contributed by atoms with Crippen molar-refractivity contribution in [3.8, 4) is 0 Å². The molecule has 0 aliphatic heterocycles. The summed E-state index contributed by atoms with van der Waals surface area (Å²) < 4.78 is 0.804. The number of halogens is 1. The Kier molecular flexibility index (Phi) is 3.31. The highest BCUT2D eigenvalue weighted by molar-refractivity contribution is 7.16. The number of nitrogens with zero attached hydrogens (tertiary/aromatic N) is 1. The van der Waals surface area contributed by atoms with E-state index in [0.717, 1.165) is 10.0 Å². The standard InChI is InChI=1S/C11H12ClN3S/c1-7(9-2-3-10(12)16-9)15-8-4-5-14-11(13)6-8/h2-7H,1H3,(H3,13,14,15). The van der Waals surface area contributed by atoms with Crippen molar-refractivity contribution in [3.05, 3.63) is 39.7 Å². The highest BCUT2D eigenvalue weighted by Gasteiger charge is 2.07. The molecule has 2 rings (SSSR count). The molecule has 0 aromatic carbocycles. The van der Waals surface area contributed by atoms with Crippen molar-refractivity contribution in [2.75, 3.05) is 11.1 Å². The van der Waals surface area contributed by atoms with Crippen LogP contribution in [0.5, 0.6) is 0 Å². The molecule has 0 radical (unpaired) electrons. The summed E-state index contributed by atoms with van der Waals surface area (Å²) in [5.74, 6) is 0.515. The van der Waals surface area contributed by atoms with Gasteiger partial charge in [-0.25, -0.2) is 4.98 Å². The zero-order valence-corrected chi connectivity index (χ0v) is 10.3. The molecule has 2 aromatic heterocycles. The molecule has 3 nitrogen and oxygen atoms in total. The number of thiophene rings is 1. The molecule has 1 unspecified atom stereocenters. The van der Waals surface area contributed by atoms with Crippen LogP contribution < -0.4 is 11.1 Å². The zero-order chi connectivity index (χ0) is 11.5. The van der Waals surface area contributed by atoms with Gasteiger partial charge < -0.3 is 11.1 Å². The van der Waals surface area contributed by atoms with E-state index in [1.54, 1.807) is 17.5 Å². The van der Waals surface area contributed by atoms with Crippen molar-refractivity contribution in [1.82, 2.24) is 4.98 Å². The van der Waals surface area contributed by atoms with Gasteiger partial charge in [-0.1, -0.05) is 11.6 Å². The Morgan fingerprint density at radius 1 is 1.44 bits per heavy atom. The summed E-state index contributed by atoms with van der Waals surface area (Å²) in [6.07, 6.45) is 1.69. The Labute approximate surface area is 103 Å². The molecular formula is C11H12ClN3S. The maximum atomic E-state index is 5.89. The van der Waals surface area contributed by atoms with Crippen molar-refractivity contribution in [3.63, 3.8) is 0 Å². The predicted molar refractivity (Wildman–Crippen MR) is 70.0 cm³/mol. The molecule has 0 aliphatic carbocycles. The fraction of sp³-hybridized carbons (Fsp3) is 0.182. The maximum Gasteiger partial charge on any atom is 0.125 e. The third-order valence-corrected chi connectivity index (χ3v) is 3.60. The van der Waals surface area contributed by atoms with Crippen LogP contribution in [0.3, 0.4) is 0 Å². The number of nitrogens with one attached hydrogen (secondary N) is 1. The van der Waals surface area contributed by atoms with E-state index < -0.39 is 0 Å². The second kappa shape index (κ2) is 4.72. The van der Waals surface area contributed by atoms with Crippen LogP contribution in [0.15, 0.2) is 30.5 Å². The summed E-state index contributed by atoms with van der Waals surface area (Å²) in [6, 6.07) is 7.84. The quantitative estimate of drug-likeness (QED) is 0.880. The Hall–Kier alpha value is -1.26. The maximum absolute atomic E-state index is 5.89. The lowest BCUT2D eigenvalue weighted by Gasteiger charge is -2.13. The third-order valence-electron chi connectivity index (χ3n) is 2.19. The fourth-order valence-electron chi connectivity index (χ4n) is 1.42. The van der Waals surface area contributed by atoms with E-state index in [4.69, 9.17) is 17.3 Å². The molecule has 0 aliphatic rings. The lowest BCUT2D eigenvalue weighted by atomic mass is 10.2. The van der Waals surface area contributed by atoms with E-state index >= 15 is 0 Å². The van der Waals surface area contributed by atoms with Crippen LogP contribution in [0.25, 0.3) is 0 Å². The van der Waals surface area contributed by atoms with E-state index in [1.165, 1.54) is 4.88 Å². The van der Waals surface area contributed by atoms with Gasteiger partial charge >= 0.3 is 0 Å². The Bertz CT molecular complexity index is 484. The first-order valence-corrected chi connectivity index (χ1v) is 6.08. The van der Waals surface area contributed by atoms with Gasteiger partial charge in [0.2, 0.25) is 0 Å². The smallest absolute Gasteiger partial charge is 0.125 e. The number of nitrogens with two attached hydrogens (primary N) is 1. The van der Waals surface area contributed by atoms with Gasteiger partial charge in [-0.15, -0.1) is 11.3 Å². The molecule has 0 amide bonds. The second-order valence-corrected chi connectivity index (χ2v) is 5.22.